The van der Waals surface area contributed by atoms with Crippen LogP contribution in [0.25, 0.3) is 0 Å². The molecule has 2 aromatic rings. The molecule has 4 heteroatoms. The Balaban J connectivity index is 1.89. The van der Waals surface area contributed by atoms with Crippen LogP contribution in [-0.2, 0) is 12.8 Å². The number of ether oxygens (including phenoxy) is 1. The van der Waals surface area contributed by atoms with E-state index in [0.29, 0.717) is 12.2 Å². The molecule has 0 saturated heterocycles. The van der Waals surface area contributed by atoms with Crippen molar-refractivity contribution in [3.8, 4) is 5.75 Å². The highest BCUT2D eigenvalue weighted by Gasteiger charge is 2.20. The molecule has 1 aromatic heterocycles. The number of benzene rings is 1. The fourth-order valence-electron chi connectivity index (χ4n) is 2.29. The monoisotopic (exact) mass is 308 g/mol. The lowest BCUT2D eigenvalue weighted by Crippen LogP contribution is -2.02. The summed E-state index contributed by atoms with van der Waals surface area (Å²) in [5, 5.41) is 10.1. The summed E-state index contributed by atoms with van der Waals surface area (Å²) in [7, 11) is 0. The summed E-state index contributed by atoms with van der Waals surface area (Å²) in [6.45, 7) is 0.718. The molecule has 3 rings (SSSR count). The van der Waals surface area contributed by atoms with Gasteiger partial charge in [-0.15, -0.1) is 0 Å². The number of aliphatic hydroxyl groups excluding tert-OH is 1. The van der Waals surface area contributed by atoms with Crippen LogP contribution >= 0.6 is 15.9 Å². The molecule has 0 radical (unpaired) electrons. The molecular weight excluding hydrogens is 296 g/mol. The van der Waals surface area contributed by atoms with Crippen LogP contribution in [0.2, 0.25) is 0 Å². The molecule has 1 atom stereocenters. The molecule has 1 aromatic carbocycles. The summed E-state index contributed by atoms with van der Waals surface area (Å²) in [5.74, 6) is 1.51. The second-order valence-electron chi connectivity index (χ2n) is 4.39. The van der Waals surface area contributed by atoms with Gasteiger partial charge in [0.15, 0.2) is 0 Å². The molecular formula is C14H13BrO3. The Morgan fingerprint density at radius 3 is 3.06 bits per heavy atom. The maximum absolute atomic E-state index is 10.1. The van der Waals surface area contributed by atoms with Crippen LogP contribution < -0.4 is 4.74 Å². The van der Waals surface area contributed by atoms with E-state index in [9.17, 15) is 5.11 Å². The van der Waals surface area contributed by atoms with Crippen LogP contribution in [-0.4, -0.2) is 11.7 Å². The number of hydrogen-bond donors (Lipinski definition) is 1. The number of fused-ring (bicyclic) bond motifs is 1. The first kappa shape index (κ1) is 11.8. The van der Waals surface area contributed by atoms with Gasteiger partial charge in [-0.25, -0.2) is 0 Å². The van der Waals surface area contributed by atoms with E-state index in [1.165, 1.54) is 5.56 Å². The summed E-state index contributed by atoms with van der Waals surface area (Å²) >= 11 is 3.49. The van der Waals surface area contributed by atoms with E-state index in [1.807, 2.05) is 6.07 Å². The zero-order valence-electron chi connectivity index (χ0n) is 9.73. The van der Waals surface area contributed by atoms with Crippen LogP contribution in [0.5, 0.6) is 5.75 Å². The number of halogens is 1. The Kier molecular flexibility index (Phi) is 3.14. The molecule has 2 heterocycles. The lowest BCUT2D eigenvalue weighted by Gasteiger charge is -2.12. The Morgan fingerprint density at radius 2 is 2.28 bits per heavy atom. The van der Waals surface area contributed by atoms with Crippen molar-refractivity contribution in [3.63, 3.8) is 0 Å². The lowest BCUT2D eigenvalue weighted by atomic mass is 10.0. The summed E-state index contributed by atoms with van der Waals surface area (Å²) in [4.78, 5) is 0. The highest BCUT2D eigenvalue weighted by molar-refractivity contribution is 9.10. The summed E-state index contributed by atoms with van der Waals surface area (Å²) in [6.07, 6.45) is 2.36. The van der Waals surface area contributed by atoms with Gasteiger partial charge in [0.2, 0.25) is 0 Å². The van der Waals surface area contributed by atoms with Crippen molar-refractivity contribution in [1.29, 1.82) is 0 Å². The molecule has 0 amide bonds. The van der Waals surface area contributed by atoms with Crippen LogP contribution in [0.15, 0.2) is 39.4 Å². The normalized spacial score (nSPS) is 15.2. The molecule has 0 bridgehead atoms. The van der Waals surface area contributed by atoms with Gasteiger partial charge >= 0.3 is 0 Å². The topological polar surface area (TPSA) is 42.6 Å². The van der Waals surface area contributed by atoms with Gasteiger partial charge in [0, 0.05) is 17.3 Å². The number of rotatable bonds is 3. The molecule has 18 heavy (non-hydrogen) atoms. The second-order valence-corrected chi connectivity index (χ2v) is 5.30. The average Bonchev–Trinajstić information content (AvgIpc) is 2.98. The van der Waals surface area contributed by atoms with Gasteiger partial charge in [0.25, 0.3) is 0 Å². The molecule has 1 N–H and O–H groups in total. The predicted molar refractivity (Wildman–Crippen MR) is 70.7 cm³/mol. The minimum absolute atomic E-state index is 0.495. The van der Waals surface area contributed by atoms with Crippen molar-refractivity contribution in [1.82, 2.24) is 0 Å². The predicted octanol–water partition coefficient (Wildman–Crippen LogP) is 3.25. The highest BCUT2D eigenvalue weighted by atomic mass is 79.9. The minimum atomic E-state index is -0.636. The maximum atomic E-state index is 10.1. The van der Waals surface area contributed by atoms with Crippen LogP contribution in [0, 0.1) is 0 Å². The first-order chi connectivity index (χ1) is 8.74. The molecule has 1 unspecified atom stereocenters. The van der Waals surface area contributed by atoms with Gasteiger partial charge in [-0.3, -0.25) is 0 Å². The van der Waals surface area contributed by atoms with E-state index in [4.69, 9.17) is 9.15 Å². The molecule has 3 nitrogen and oxygen atoms in total. The SMILES string of the molecule is OC(Cc1cc(Br)cc2c1OCC2)c1ccco1. The van der Waals surface area contributed by atoms with E-state index in [-0.39, 0.29) is 0 Å². The Morgan fingerprint density at radius 1 is 1.39 bits per heavy atom. The van der Waals surface area contributed by atoms with Gasteiger partial charge in [-0.1, -0.05) is 15.9 Å². The van der Waals surface area contributed by atoms with Gasteiger partial charge in [-0.2, -0.15) is 0 Å². The van der Waals surface area contributed by atoms with Crippen molar-refractivity contribution in [2.75, 3.05) is 6.61 Å². The summed E-state index contributed by atoms with van der Waals surface area (Å²) in [6, 6.07) is 7.63. The third-order valence-electron chi connectivity index (χ3n) is 3.11. The molecule has 0 saturated carbocycles. The van der Waals surface area contributed by atoms with Crippen LogP contribution in [0.1, 0.15) is 23.0 Å². The first-order valence-electron chi connectivity index (χ1n) is 5.89. The first-order valence-corrected chi connectivity index (χ1v) is 6.69. The summed E-state index contributed by atoms with van der Waals surface area (Å²) in [5.41, 5.74) is 2.21. The minimum Gasteiger partial charge on any atom is -0.493 e. The van der Waals surface area contributed by atoms with Crippen LogP contribution in [0.4, 0.5) is 0 Å². The van der Waals surface area contributed by atoms with Crippen molar-refractivity contribution >= 4 is 15.9 Å². The fraction of sp³-hybridized carbons (Fsp3) is 0.286. The molecule has 0 spiro atoms. The van der Waals surface area contributed by atoms with E-state index in [0.717, 1.165) is 28.8 Å². The Labute approximate surface area is 114 Å². The average molecular weight is 309 g/mol. The number of furan rings is 1. The van der Waals surface area contributed by atoms with Crippen molar-refractivity contribution < 1.29 is 14.3 Å². The Bertz CT molecular complexity index is 548. The van der Waals surface area contributed by atoms with Crippen molar-refractivity contribution in [3.05, 3.63) is 51.9 Å². The van der Waals surface area contributed by atoms with E-state index < -0.39 is 6.10 Å². The molecule has 94 valence electrons. The van der Waals surface area contributed by atoms with E-state index in [2.05, 4.69) is 22.0 Å². The van der Waals surface area contributed by atoms with E-state index >= 15 is 0 Å². The third-order valence-corrected chi connectivity index (χ3v) is 3.57. The Hall–Kier alpha value is -1.26. The van der Waals surface area contributed by atoms with Crippen molar-refractivity contribution in [2.45, 2.75) is 18.9 Å². The fourth-order valence-corrected chi connectivity index (χ4v) is 2.84. The number of hydrogen-bond acceptors (Lipinski definition) is 3. The second kappa shape index (κ2) is 4.78. The zero-order valence-corrected chi connectivity index (χ0v) is 11.3. The summed E-state index contributed by atoms with van der Waals surface area (Å²) < 4.78 is 11.9. The highest BCUT2D eigenvalue weighted by Crippen LogP contribution is 2.35. The maximum Gasteiger partial charge on any atom is 0.132 e. The van der Waals surface area contributed by atoms with E-state index in [1.54, 1.807) is 18.4 Å². The zero-order chi connectivity index (χ0) is 12.5. The van der Waals surface area contributed by atoms with Gasteiger partial charge < -0.3 is 14.3 Å². The smallest absolute Gasteiger partial charge is 0.132 e. The lowest BCUT2D eigenvalue weighted by molar-refractivity contribution is 0.149. The number of aliphatic hydroxyl groups is 1. The van der Waals surface area contributed by atoms with Gasteiger partial charge in [0.1, 0.15) is 17.6 Å². The third kappa shape index (κ3) is 2.18. The van der Waals surface area contributed by atoms with Gasteiger partial charge in [-0.05, 0) is 35.4 Å². The standard InChI is InChI=1S/C14H13BrO3/c15-11-6-9-3-5-18-14(9)10(7-11)8-12(16)13-2-1-4-17-13/h1-2,4,6-7,12,16H,3,5,8H2. The quantitative estimate of drug-likeness (QED) is 0.946. The van der Waals surface area contributed by atoms with Crippen molar-refractivity contribution in [2.24, 2.45) is 0 Å². The van der Waals surface area contributed by atoms with Crippen LogP contribution in [0.3, 0.4) is 0 Å². The molecule has 1 aliphatic rings. The van der Waals surface area contributed by atoms with Gasteiger partial charge in [0.05, 0.1) is 12.9 Å². The largest absolute Gasteiger partial charge is 0.493 e. The molecule has 1 aliphatic heterocycles. The molecule has 0 aliphatic carbocycles. The molecule has 0 fully saturated rings.